The molecule has 10 heteroatoms. The first-order valence-corrected chi connectivity index (χ1v) is 12.6. The molecule has 1 aromatic rings. The molecule has 1 unspecified atom stereocenters. The highest BCUT2D eigenvalue weighted by atomic mass is 16.7. The van der Waals surface area contributed by atoms with Crippen LogP contribution >= 0.6 is 0 Å². The molecular weight excluding hydrogens is 461 g/mol. The van der Waals surface area contributed by atoms with Crippen LogP contribution in [0.1, 0.15) is 73.3 Å². The minimum Gasteiger partial charge on any atom is -0.444 e. The van der Waals surface area contributed by atoms with E-state index in [1.54, 1.807) is 20.8 Å². The minimum atomic E-state index is -0.914. The second kappa shape index (κ2) is 10.4. The molecule has 3 amide bonds. The van der Waals surface area contributed by atoms with Crippen LogP contribution in [0.3, 0.4) is 0 Å². The second-order valence-corrected chi connectivity index (χ2v) is 11.7. The Morgan fingerprint density at radius 2 is 1.69 bits per heavy atom. The molecule has 0 saturated carbocycles. The maximum Gasteiger partial charge on any atom is 0.494 e. The van der Waals surface area contributed by atoms with E-state index in [1.807, 2.05) is 52.0 Å². The maximum atomic E-state index is 13.1. The van der Waals surface area contributed by atoms with Crippen molar-refractivity contribution < 1.29 is 28.4 Å². The maximum absolute atomic E-state index is 13.1. The van der Waals surface area contributed by atoms with E-state index in [0.29, 0.717) is 13.0 Å². The molecule has 0 aliphatic carbocycles. The Balaban J connectivity index is 1.66. The fourth-order valence-electron chi connectivity index (χ4n) is 4.26. The van der Waals surface area contributed by atoms with Gasteiger partial charge >= 0.3 is 13.2 Å². The first-order chi connectivity index (χ1) is 16.6. The molecule has 9 nitrogen and oxygen atoms in total. The summed E-state index contributed by atoms with van der Waals surface area (Å²) in [6.45, 7) is 13.8. The Morgan fingerprint density at radius 3 is 2.22 bits per heavy atom. The van der Waals surface area contributed by atoms with Crippen molar-refractivity contribution in [3.8, 4) is 0 Å². The highest BCUT2D eigenvalue weighted by molar-refractivity contribution is 6.62. The summed E-state index contributed by atoms with van der Waals surface area (Å²) >= 11 is 0. The average molecular weight is 501 g/mol. The predicted octanol–water partition coefficient (Wildman–Crippen LogP) is 2.29. The lowest BCUT2D eigenvalue weighted by molar-refractivity contribution is -0.131. The molecular formula is C26H40BN3O6. The quantitative estimate of drug-likeness (QED) is 0.578. The van der Waals surface area contributed by atoms with Gasteiger partial charge in [-0.3, -0.25) is 14.5 Å². The molecule has 0 bridgehead atoms. The average Bonchev–Trinajstić information content (AvgIpc) is 2.99. The largest absolute Gasteiger partial charge is 0.494 e. The third kappa shape index (κ3) is 6.59. The van der Waals surface area contributed by atoms with Crippen LogP contribution in [0.4, 0.5) is 4.79 Å². The summed E-state index contributed by atoms with van der Waals surface area (Å²) in [4.78, 5) is 39.5. The molecule has 2 saturated heterocycles. The summed E-state index contributed by atoms with van der Waals surface area (Å²) in [6.07, 6.45) is 1.79. The summed E-state index contributed by atoms with van der Waals surface area (Å²) in [5, 5.41) is 2.76. The number of rotatable bonds is 6. The smallest absolute Gasteiger partial charge is 0.444 e. The van der Waals surface area contributed by atoms with Crippen LogP contribution in [0.15, 0.2) is 24.3 Å². The number of likely N-dealkylation sites (tertiary alicyclic amines) is 1. The van der Waals surface area contributed by atoms with Crippen molar-refractivity contribution in [1.29, 1.82) is 0 Å². The van der Waals surface area contributed by atoms with Gasteiger partial charge in [0.25, 0.3) is 0 Å². The Kier molecular flexibility index (Phi) is 8.10. The number of carbonyl (C=O) groups is 3. The van der Waals surface area contributed by atoms with Gasteiger partial charge in [0.2, 0.25) is 11.8 Å². The van der Waals surface area contributed by atoms with Gasteiger partial charge in [0.05, 0.1) is 11.2 Å². The molecule has 0 radical (unpaired) electrons. The topological polar surface area (TPSA) is 120 Å². The lowest BCUT2D eigenvalue weighted by Gasteiger charge is -2.36. The van der Waals surface area contributed by atoms with Gasteiger partial charge in [0.1, 0.15) is 17.7 Å². The summed E-state index contributed by atoms with van der Waals surface area (Å²) in [5.41, 5.74) is 5.77. The van der Waals surface area contributed by atoms with Crippen LogP contribution in [0.5, 0.6) is 0 Å². The van der Waals surface area contributed by atoms with Crippen molar-refractivity contribution in [2.45, 2.75) is 103 Å². The Hall–Kier alpha value is -2.59. The van der Waals surface area contributed by atoms with Crippen LogP contribution < -0.4 is 16.5 Å². The van der Waals surface area contributed by atoms with Gasteiger partial charge in [-0.05, 0) is 78.8 Å². The number of primary amides is 1. The fraction of sp³-hybridized carbons (Fsp3) is 0.654. The van der Waals surface area contributed by atoms with E-state index < -0.39 is 53.9 Å². The SMILES string of the molecule is CC(C)(C)OC(=O)N1CCCCC1C(=O)N[C@@H](Cc1ccc(B2OC(C)(C)C(C)(C)O2)cc1)C(N)=O. The van der Waals surface area contributed by atoms with Crippen LogP contribution in [-0.2, 0) is 30.1 Å². The third-order valence-electron chi connectivity index (χ3n) is 7.04. The number of nitrogens with zero attached hydrogens (tertiary/aromatic N) is 1. The van der Waals surface area contributed by atoms with Crippen molar-refractivity contribution in [2.24, 2.45) is 5.73 Å². The molecule has 2 heterocycles. The van der Waals surface area contributed by atoms with Gasteiger partial charge in [-0.2, -0.15) is 0 Å². The number of benzene rings is 1. The number of piperidine rings is 1. The fourth-order valence-corrected chi connectivity index (χ4v) is 4.26. The molecule has 2 aliphatic rings. The van der Waals surface area contributed by atoms with Gasteiger partial charge in [0, 0.05) is 13.0 Å². The first-order valence-electron chi connectivity index (χ1n) is 12.6. The van der Waals surface area contributed by atoms with E-state index in [2.05, 4.69) is 5.32 Å². The van der Waals surface area contributed by atoms with Gasteiger partial charge in [-0.15, -0.1) is 0 Å². The summed E-state index contributed by atoms with van der Waals surface area (Å²) in [5.74, 6) is -1.05. The van der Waals surface area contributed by atoms with Crippen LogP contribution in [0.25, 0.3) is 0 Å². The number of nitrogens with one attached hydrogen (secondary N) is 1. The van der Waals surface area contributed by atoms with Crippen LogP contribution in [0, 0.1) is 0 Å². The zero-order chi connectivity index (χ0) is 26.9. The third-order valence-corrected chi connectivity index (χ3v) is 7.04. The zero-order valence-corrected chi connectivity index (χ0v) is 22.6. The number of hydrogen-bond donors (Lipinski definition) is 2. The van der Waals surface area contributed by atoms with E-state index in [-0.39, 0.29) is 6.42 Å². The minimum absolute atomic E-state index is 0.226. The standard InChI is InChI=1S/C26H40BN3O6/c1-24(2,3)34-23(33)30-15-9-8-10-20(30)22(32)29-19(21(28)31)16-17-11-13-18(14-12-17)27-35-25(4,5)26(6,7)36-27/h11-14,19-20H,8-10,15-16H2,1-7H3,(H2,28,31)(H,29,32)/t19-,20?/m0/s1. The Bertz CT molecular complexity index is 957. The number of nitrogens with two attached hydrogens (primary N) is 1. The predicted molar refractivity (Wildman–Crippen MR) is 138 cm³/mol. The molecule has 2 fully saturated rings. The van der Waals surface area contributed by atoms with Crippen LogP contribution in [0.2, 0.25) is 0 Å². The van der Waals surface area contributed by atoms with Crippen molar-refractivity contribution in [3.05, 3.63) is 29.8 Å². The number of carbonyl (C=O) groups excluding carboxylic acids is 3. The number of amides is 3. The van der Waals surface area contributed by atoms with E-state index in [1.165, 1.54) is 4.90 Å². The molecule has 36 heavy (non-hydrogen) atoms. The van der Waals surface area contributed by atoms with E-state index >= 15 is 0 Å². The highest BCUT2D eigenvalue weighted by Crippen LogP contribution is 2.36. The highest BCUT2D eigenvalue weighted by Gasteiger charge is 2.51. The normalized spacial score (nSPS) is 22.1. The van der Waals surface area contributed by atoms with E-state index in [9.17, 15) is 14.4 Å². The molecule has 3 rings (SSSR count). The lowest BCUT2D eigenvalue weighted by Crippen LogP contribution is -2.56. The molecule has 0 aromatic heterocycles. The molecule has 3 N–H and O–H groups in total. The van der Waals surface area contributed by atoms with Crippen LogP contribution in [-0.4, -0.2) is 65.4 Å². The Labute approximate surface area is 214 Å². The Morgan fingerprint density at radius 1 is 1.11 bits per heavy atom. The van der Waals surface area contributed by atoms with Gasteiger partial charge in [-0.1, -0.05) is 24.3 Å². The first kappa shape index (κ1) is 28.0. The summed E-state index contributed by atoms with van der Waals surface area (Å²) < 4.78 is 17.7. The monoisotopic (exact) mass is 501 g/mol. The van der Waals surface area contributed by atoms with E-state index in [0.717, 1.165) is 23.9 Å². The molecule has 0 spiro atoms. The second-order valence-electron chi connectivity index (χ2n) is 11.7. The number of ether oxygens (including phenoxy) is 1. The molecule has 2 aliphatic heterocycles. The number of hydrogen-bond acceptors (Lipinski definition) is 6. The van der Waals surface area contributed by atoms with Gasteiger partial charge in [0.15, 0.2) is 0 Å². The van der Waals surface area contributed by atoms with Gasteiger partial charge in [-0.25, -0.2) is 4.79 Å². The van der Waals surface area contributed by atoms with Crippen molar-refractivity contribution in [1.82, 2.24) is 10.2 Å². The summed E-state index contributed by atoms with van der Waals surface area (Å²) in [6, 6.07) is 5.90. The van der Waals surface area contributed by atoms with Crippen molar-refractivity contribution in [3.63, 3.8) is 0 Å². The zero-order valence-electron chi connectivity index (χ0n) is 22.6. The molecule has 2 atom stereocenters. The van der Waals surface area contributed by atoms with E-state index in [4.69, 9.17) is 19.8 Å². The van der Waals surface area contributed by atoms with Crippen molar-refractivity contribution >= 4 is 30.5 Å². The lowest BCUT2D eigenvalue weighted by atomic mass is 9.78. The van der Waals surface area contributed by atoms with Gasteiger partial charge < -0.3 is 25.1 Å². The summed E-state index contributed by atoms with van der Waals surface area (Å²) in [7, 11) is -0.485. The molecule has 1 aromatic carbocycles. The molecule has 198 valence electrons. The van der Waals surface area contributed by atoms with Crippen molar-refractivity contribution in [2.75, 3.05) is 6.54 Å².